The van der Waals surface area contributed by atoms with E-state index in [4.69, 9.17) is 11.6 Å². The molecule has 1 atom stereocenters. The van der Waals surface area contributed by atoms with E-state index in [-0.39, 0.29) is 0 Å². The van der Waals surface area contributed by atoms with Gasteiger partial charge in [0.2, 0.25) is 0 Å². The van der Waals surface area contributed by atoms with E-state index < -0.39 is 0 Å². The Hall–Kier alpha value is -1.47. The maximum atomic E-state index is 6.25. The molecule has 0 radical (unpaired) electrons. The number of hydrogen-bond donors (Lipinski definition) is 0. The smallest absolute Gasteiger partial charge is 0.0455 e. The Morgan fingerprint density at radius 1 is 1.11 bits per heavy atom. The lowest BCUT2D eigenvalue weighted by Crippen LogP contribution is -2.28. The lowest BCUT2D eigenvalue weighted by Gasteiger charge is -2.25. The molecule has 1 aliphatic heterocycles. The molecular formula is C16H16ClN. The van der Waals surface area contributed by atoms with Crippen molar-refractivity contribution in [3.05, 3.63) is 64.7 Å². The fraction of sp³-hybridized carbons (Fsp3) is 0.250. The second-order valence-corrected chi connectivity index (χ2v) is 5.31. The number of benzene rings is 2. The van der Waals surface area contributed by atoms with Crippen LogP contribution < -0.4 is 4.90 Å². The van der Waals surface area contributed by atoms with Crippen LogP contribution in [0, 0.1) is 0 Å². The maximum absolute atomic E-state index is 6.25. The van der Waals surface area contributed by atoms with Crippen molar-refractivity contribution in [2.45, 2.75) is 25.9 Å². The summed E-state index contributed by atoms with van der Waals surface area (Å²) in [7, 11) is 0. The van der Waals surface area contributed by atoms with Crippen LogP contribution in [0.2, 0.25) is 5.02 Å². The zero-order valence-electron chi connectivity index (χ0n) is 10.4. The third-order valence-corrected chi connectivity index (χ3v) is 4.02. The summed E-state index contributed by atoms with van der Waals surface area (Å²) in [4.78, 5) is 2.44. The fourth-order valence-corrected chi connectivity index (χ4v) is 2.88. The molecule has 2 aromatic rings. The van der Waals surface area contributed by atoms with Crippen molar-refractivity contribution < 1.29 is 0 Å². The first-order chi connectivity index (χ1) is 8.75. The molecule has 0 bridgehead atoms. The normalized spacial score (nSPS) is 17.9. The first-order valence-corrected chi connectivity index (χ1v) is 6.71. The topological polar surface area (TPSA) is 3.24 Å². The summed E-state index contributed by atoms with van der Waals surface area (Å²) >= 11 is 6.25. The van der Waals surface area contributed by atoms with Crippen LogP contribution in [-0.4, -0.2) is 6.04 Å². The van der Waals surface area contributed by atoms with Crippen LogP contribution >= 0.6 is 11.6 Å². The number of halogens is 1. The number of rotatable bonds is 2. The lowest BCUT2D eigenvalue weighted by molar-refractivity contribution is 0.672. The van der Waals surface area contributed by atoms with Gasteiger partial charge in [-0.05, 0) is 36.6 Å². The monoisotopic (exact) mass is 257 g/mol. The quantitative estimate of drug-likeness (QED) is 0.776. The zero-order valence-corrected chi connectivity index (χ0v) is 11.2. The van der Waals surface area contributed by atoms with Crippen molar-refractivity contribution >= 4 is 17.3 Å². The highest BCUT2D eigenvalue weighted by molar-refractivity contribution is 6.31. The highest BCUT2D eigenvalue weighted by atomic mass is 35.5. The van der Waals surface area contributed by atoms with Crippen LogP contribution in [0.4, 0.5) is 5.69 Å². The maximum Gasteiger partial charge on any atom is 0.0455 e. The van der Waals surface area contributed by atoms with Crippen molar-refractivity contribution in [1.82, 2.24) is 0 Å². The first-order valence-electron chi connectivity index (χ1n) is 6.33. The third kappa shape index (κ3) is 1.99. The fourth-order valence-electron chi connectivity index (χ4n) is 2.68. The Balaban J connectivity index is 1.92. The van der Waals surface area contributed by atoms with Crippen LogP contribution in [0.15, 0.2) is 48.5 Å². The molecule has 0 aromatic heterocycles. The van der Waals surface area contributed by atoms with E-state index in [2.05, 4.69) is 42.2 Å². The lowest BCUT2D eigenvalue weighted by atomic mass is 10.1. The van der Waals surface area contributed by atoms with E-state index in [0.29, 0.717) is 6.04 Å². The van der Waals surface area contributed by atoms with E-state index in [1.807, 2.05) is 18.2 Å². The number of hydrogen-bond acceptors (Lipinski definition) is 1. The molecule has 3 rings (SSSR count). The molecule has 2 aromatic carbocycles. The Morgan fingerprint density at radius 2 is 1.83 bits per heavy atom. The predicted octanol–water partition coefficient (Wildman–Crippen LogP) is 4.29. The van der Waals surface area contributed by atoms with Gasteiger partial charge in [0.1, 0.15) is 0 Å². The summed E-state index contributed by atoms with van der Waals surface area (Å²) in [5.41, 5.74) is 3.99. The van der Waals surface area contributed by atoms with Crippen LogP contribution in [0.3, 0.4) is 0 Å². The van der Waals surface area contributed by atoms with Gasteiger partial charge < -0.3 is 4.90 Å². The second kappa shape index (κ2) is 4.66. The molecule has 0 fully saturated rings. The molecule has 92 valence electrons. The third-order valence-electron chi connectivity index (χ3n) is 3.65. The van der Waals surface area contributed by atoms with Gasteiger partial charge in [-0.15, -0.1) is 0 Å². The molecule has 2 heteroatoms. The highest BCUT2D eigenvalue weighted by Gasteiger charge is 2.25. The molecular weight excluding hydrogens is 242 g/mol. The van der Waals surface area contributed by atoms with E-state index in [1.54, 1.807) is 0 Å². The Kier molecular flexibility index (Phi) is 3.00. The molecule has 1 heterocycles. The van der Waals surface area contributed by atoms with Gasteiger partial charge in [-0.3, -0.25) is 0 Å². The number of nitrogens with zero attached hydrogens (tertiary/aromatic N) is 1. The Labute approximate surface area is 113 Å². The molecule has 1 unspecified atom stereocenters. The summed E-state index contributed by atoms with van der Waals surface area (Å²) in [6.07, 6.45) is 1.13. The van der Waals surface area contributed by atoms with Gasteiger partial charge in [-0.1, -0.05) is 48.0 Å². The van der Waals surface area contributed by atoms with Gasteiger partial charge in [0.15, 0.2) is 0 Å². The van der Waals surface area contributed by atoms with Crippen molar-refractivity contribution in [1.29, 1.82) is 0 Å². The van der Waals surface area contributed by atoms with Crippen molar-refractivity contribution in [3.63, 3.8) is 0 Å². The Bertz CT molecular complexity index is 565. The van der Waals surface area contributed by atoms with Gasteiger partial charge >= 0.3 is 0 Å². The average Bonchev–Trinajstić information content (AvgIpc) is 2.69. The molecule has 0 saturated heterocycles. The number of anilines is 1. The molecule has 1 aliphatic rings. The standard InChI is InChI=1S/C16H16ClN/c1-12-10-13-6-3-5-9-16(13)18(12)11-14-7-2-4-8-15(14)17/h2-9,12H,10-11H2,1H3. The molecule has 0 saturated carbocycles. The van der Waals surface area contributed by atoms with Gasteiger partial charge in [-0.2, -0.15) is 0 Å². The predicted molar refractivity (Wildman–Crippen MR) is 77.2 cm³/mol. The molecule has 0 spiro atoms. The van der Waals surface area contributed by atoms with Crippen LogP contribution in [0.1, 0.15) is 18.1 Å². The van der Waals surface area contributed by atoms with Gasteiger partial charge in [0.25, 0.3) is 0 Å². The van der Waals surface area contributed by atoms with E-state index in [0.717, 1.165) is 18.0 Å². The van der Waals surface area contributed by atoms with E-state index in [9.17, 15) is 0 Å². The number of para-hydroxylation sites is 1. The summed E-state index contributed by atoms with van der Waals surface area (Å²) in [5.74, 6) is 0. The summed E-state index contributed by atoms with van der Waals surface area (Å²) < 4.78 is 0. The summed E-state index contributed by atoms with van der Waals surface area (Å²) in [5, 5.41) is 0.856. The van der Waals surface area contributed by atoms with E-state index >= 15 is 0 Å². The minimum Gasteiger partial charge on any atom is -0.364 e. The molecule has 0 aliphatic carbocycles. The Morgan fingerprint density at radius 3 is 2.67 bits per heavy atom. The SMILES string of the molecule is CC1Cc2ccccc2N1Cc1ccccc1Cl. The molecule has 0 N–H and O–H groups in total. The molecule has 1 nitrogen and oxygen atoms in total. The first kappa shape index (κ1) is 11.6. The van der Waals surface area contributed by atoms with Crippen LogP contribution in [-0.2, 0) is 13.0 Å². The van der Waals surface area contributed by atoms with Gasteiger partial charge in [0.05, 0.1) is 0 Å². The summed E-state index contributed by atoms with van der Waals surface area (Å²) in [6, 6.07) is 17.3. The summed E-state index contributed by atoms with van der Waals surface area (Å²) in [6.45, 7) is 3.16. The van der Waals surface area contributed by atoms with Crippen molar-refractivity contribution in [3.8, 4) is 0 Å². The highest BCUT2D eigenvalue weighted by Crippen LogP contribution is 2.33. The number of fused-ring (bicyclic) bond motifs is 1. The molecule has 18 heavy (non-hydrogen) atoms. The van der Waals surface area contributed by atoms with Crippen LogP contribution in [0.25, 0.3) is 0 Å². The minimum atomic E-state index is 0.540. The van der Waals surface area contributed by atoms with E-state index in [1.165, 1.54) is 16.8 Å². The molecule has 0 amide bonds. The van der Waals surface area contributed by atoms with Gasteiger partial charge in [-0.25, -0.2) is 0 Å². The zero-order chi connectivity index (χ0) is 12.5. The second-order valence-electron chi connectivity index (χ2n) is 4.90. The average molecular weight is 258 g/mol. The van der Waals surface area contributed by atoms with Crippen molar-refractivity contribution in [2.75, 3.05) is 4.90 Å². The minimum absolute atomic E-state index is 0.540. The van der Waals surface area contributed by atoms with Crippen molar-refractivity contribution in [2.24, 2.45) is 0 Å². The van der Waals surface area contributed by atoms with Crippen LogP contribution in [0.5, 0.6) is 0 Å². The largest absolute Gasteiger partial charge is 0.364 e. The van der Waals surface area contributed by atoms with Gasteiger partial charge in [0, 0.05) is 23.3 Å².